The Morgan fingerprint density at radius 2 is 1.78 bits per heavy atom. The molecule has 0 aromatic heterocycles. The Morgan fingerprint density at radius 1 is 1.17 bits per heavy atom. The summed E-state index contributed by atoms with van der Waals surface area (Å²) in [6.07, 6.45) is 0. The summed E-state index contributed by atoms with van der Waals surface area (Å²) >= 11 is 0. The molecular formula is C18H29N3O2. The van der Waals surface area contributed by atoms with Crippen LogP contribution in [0.25, 0.3) is 0 Å². The molecule has 1 unspecified atom stereocenters. The number of nitrogens with one attached hydrogen (secondary N) is 1. The standard InChI is InChI=1S/C18H29N3O2/c1-5-23-16-8-6-15(7-9-16)19-18(22)17(14(2)3)21-12-10-20(4)11-13-21/h6-9,14,17H,5,10-13H2,1-4H3,(H,19,22). The zero-order valence-corrected chi connectivity index (χ0v) is 14.7. The number of nitrogens with zero attached hydrogens (tertiary/aromatic N) is 2. The number of likely N-dealkylation sites (N-methyl/N-ethyl adjacent to an activating group) is 1. The van der Waals surface area contributed by atoms with Gasteiger partial charge >= 0.3 is 0 Å². The summed E-state index contributed by atoms with van der Waals surface area (Å²) in [5.74, 6) is 1.18. The fourth-order valence-corrected chi connectivity index (χ4v) is 3.01. The molecule has 5 nitrogen and oxygen atoms in total. The first-order chi connectivity index (χ1) is 11.0. The molecule has 2 rings (SSSR count). The van der Waals surface area contributed by atoms with Gasteiger partial charge in [-0.15, -0.1) is 0 Å². The number of ether oxygens (including phenoxy) is 1. The average Bonchev–Trinajstić information content (AvgIpc) is 2.51. The van der Waals surface area contributed by atoms with Crippen LogP contribution in [-0.2, 0) is 4.79 Å². The molecule has 0 aliphatic carbocycles. The van der Waals surface area contributed by atoms with Gasteiger partial charge in [0.05, 0.1) is 12.6 Å². The van der Waals surface area contributed by atoms with Crippen molar-refractivity contribution in [1.82, 2.24) is 9.80 Å². The van der Waals surface area contributed by atoms with Gasteiger partial charge in [0, 0.05) is 31.9 Å². The third kappa shape index (κ3) is 4.94. The normalized spacial score (nSPS) is 18.0. The van der Waals surface area contributed by atoms with E-state index in [1.54, 1.807) is 0 Å². The molecule has 0 saturated carbocycles. The predicted octanol–water partition coefficient (Wildman–Crippen LogP) is 2.30. The molecule has 5 heteroatoms. The van der Waals surface area contributed by atoms with Gasteiger partial charge in [-0.2, -0.15) is 0 Å². The van der Waals surface area contributed by atoms with E-state index in [0.29, 0.717) is 6.61 Å². The Kier molecular flexibility index (Phi) is 6.42. The van der Waals surface area contributed by atoms with E-state index < -0.39 is 0 Å². The molecule has 1 aliphatic rings. The van der Waals surface area contributed by atoms with Gasteiger partial charge in [-0.25, -0.2) is 0 Å². The van der Waals surface area contributed by atoms with Gasteiger partial charge in [-0.3, -0.25) is 9.69 Å². The summed E-state index contributed by atoms with van der Waals surface area (Å²) in [7, 11) is 2.13. The minimum Gasteiger partial charge on any atom is -0.494 e. The van der Waals surface area contributed by atoms with Crippen LogP contribution in [0.3, 0.4) is 0 Å². The second kappa shape index (κ2) is 8.31. The van der Waals surface area contributed by atoms with Gasteiger partial charge in [0.1, 0.15) is 5.75 Å². The van der Waals surface area contributed by atoms with Gasteiger partial charge in [0.2, 0.25) is 5.91 Å². The summed E-state index contributed by atoms with van der Waals surface area (Å²) in [6.45, 7) is 10.7. The van der Waals surface area contributed by atoms with Gasteiger partial charge in [0.15, 0.2) is 0 Å². The molecule has 0 bridgehead atoms. The fraction of sp³-hybridized carbons (Fsp3) is 0.611. The number of carbonyl (C=O) groups is 1. The number of anilines is 1. The van der Waals surface area contributed by atoms with Gasteiger partial charge in [-0.1, -0.05) is 13.8 Å². The summed E-state index contributed by atoms with van der Waals surface area (Å²) in [5, 5.41) is 3.05. The molecule has 1 fully saturated rings. The molecule has 1 aliphatic heterocycles. The zero-order chi connectivity index (χ0) is 16.8. The van der Waals surface area contributed by atoms with E-state index >= 15 is 0 Å². The van der Waals surface area contributed by atoms with E-state index in [-0.39, 0.29) is 17.9 Å². The minimum absolute atomic E-state index is 0.0775. The Bertz CT molecular complexity index is 493. The highest BCUT2D eigenvalue weighted by Gasteiger charge is 2.30. The number of hydrogen-bond acceptors (Lipinski definition) is 4. The van der Waals surface area contributed by atoms with Gasteiger partial charge in [0.25, 0.3) is 0 Å². The number of rotatable bonds is 6. The highest BCUT2D eigenvalue weighted by atomic mass is 16.5. The minimum atomic E-state index is -0.0877. The van der Waals surface area contributed by atoms with E-state index in [1.165, 1.54) is 0 Å². The number of benzene rings is 1. The summed E-state index contributed by atoms with van der Waals surface area (Å²) in [6, 6.07) is 7.48. The van der Waals surface area contributed by atoms with Crippen LogP contribution >= 0.6 is 0 Å². The van der Waals surface area contributed by atoms with Gasteiger partial charge < -0.3 is 15.0 Å². The van der Waals surface area contributed by atoms with E-state index in [1.807, 2.05) is 31.2 Å². The third-order valence-electron chi connectivity index (χ3n) is 4.26. The molecule has 23 heavy (non-hydrogen) atoms. The van der Waals surface area contributed by atoms with Gasteiger partial charge in [-0.05, 0) is 44.2 Å². The van der Waals surface area contributed by atoms with Crippen molar-refractivity contribution in [1.29, 1.82) is 0 Å². The van der Waals surface area contributed by atoms with Crippen molar-refractivity contribution in [3.05, 3.63) is 24.3 Å². The van der Waals surface area contributed by atoms with Crippen molar-refractivity contribution in [3.63, 3.8) is 0 Å². The average molecular weight is 319 g/mol. The summed E-state index contributed by atoms with van der Waals surface area (Å²) < 4.78 is 5.43. The maximum Gasteiger partial charge on any atom is 0.241 e. The first kappa shape index (κ1) is 17.8. The first-order valence-electron chi connectivity index (χ1n) is 8.47. The number of piperazine rings is 1. The van der Waals surface area contributed by atoms with Crippen molar-refractivity contribution in [3.8, 4) is 5.75 Å². The third-order valence-corrected chi connectivity index (χ3v) is 4.26. The monoisotopic (exact) mass is 319 g/mol. The SMILES string of the molecule is CCOc1ccc(NC(=O)C(C(C)C)N2CCN(C)CC2)cc1. The highest BCUT2D eigenvalue weighted by molar-refractivity contribution is 5.95. The molecule has 1 aromatic carbocycles. The maximum atomic E-state index is 12.7. The van der Waals surface area contributed by atoms with Crippen molar-refractivity contribution < 1.29 is 9.53 Å². The molecule has 0 spiro atoms. The van der Waals surface area contributed by atoms with Crippen molar-refractivity contribution >= 4 is 11.6 Å². The maximum absolute atomic E-state index is 12.7. The second-order valence-electron chi connectivity index (χ2n) is 6.47. The van der Waals surface area contributed by atoms with E-state index in [4.69, 9.17) is 4.74 Å². The smallest absolute Gasteiger partial charge is 0.241 e. The molecule has 1 heterocycles. The molecule has 1 atom stereocenters. The van der Waals surface area contributed by atoms with Crippen LogP contribution in [0.5, 0.6) is 5.75 Å². The van der Waals surface area contributed by atoms with Crippen molar-refractivity contribution in [2.24, 2.45) is 5.92 Å². The number of amides is 1. The fourth-order valence-electron chi connectivity index (χ4n) is 3.01. The second-order valence-corrected chi connectivity index (χ2v) is 6.47. The largest absolute Gasteiger partial charge is 0.494 e. The molecule has 1 N–H and O–H groups in total. The zero-order valence-electron chi connectivity index (χ0n) is 14.7. The first-order valence-corrected chi connectivity index (χ1v) is 8.47. The lowest BCUT2D eigenvalue weighted by Crippen LogP contribution is -2.54. The summed E-state index contributed by atoms with van der Waals surface area (Å²) in [4.78, 5) is 17.4. The topological polar surface area (TPSA) is 44.8 Å². The van der Waals surface area contributed by atoms with E-state index in [0.717, 1.165) is 37.6 Å². The van der Waals surface area contributed by atoms with Crippen molar-refractivity contribution in [2.45, 2.75) is 26.8 Å². The Hall–Kier alpha value is -1.59. The highest BCUT2D eigenvalue weighted by Crippen LogP contribution is 2.19. The summed E-state index contributed by atoms with van der Waals surface area (Å²) in [5.41, 5.74) is 0.818. The molecule has 1 aromatic rings. The predicted molar refractivity (Wildman–Crippen MR) is 93.9 cm³/mol. The van der Waals surface area contributed by atoms with Crippen LogP contribution in [-0.4, -0.2) is 61.6 Å². The number of hydrogen-bond donors (Lipinski definition) is 1. The molecule has 0 radical (unpaired) electrons. The lowest BCUT2D eigenvalue weighted by atomic mass is 10.0. The van der Waals surface area contributed by atoms with Crippen molar-refractivity contribution in [2.75, 3.05) is 45.2 Å². The Balaban J connectivity index is 2.00. The lowest BCUT2D eigenvalue weighted by Gasteiger charge is -2.38. The van der Waals surface area contributed by atoms with Crippen LogP contribution in [0.15, 0.2) is 24.3 Å². The van der Waals surface area contributed by atoms with Crippen LogP contribution in [0.4, 0.5) is 5.69 Å². The molecule has 1 saturated heterocycles. The van der Waals surface area contributed by atoms with Crippen LogP contribution in [0.2, 0.25) is 0 Å². The number of carbonyl (C=O) groups excluding carboxylic acids is 1. The Morgan fingerprint density at radius 3 is 2.30 bits per heavy atom. The lowest BCUT2D eigenvalue weighted by molar-refractivity contribution is -0.123. The molecule has 128 valence electrons. The van der Waals surface area contributed by atoms with Crippen LogP contribution < -0.4 is 10.1 Å². The van der Waals surface area contributed by atoms with Crippen LogP contribution in [0, 0.1) is 5.92 Å². The van der Waals surface area contributed by atoms with Crippen LogP contribution in [0.1, 0.15) is 20.8 Å². The van der Waals surface area contributed by atoms with E-state index in [9.17, 15) is 4.79 Å². The Labute approximate surface area is 139 Å². The van der Waals surface area contributed by atoms with E-state index in [2.05, 4.69) is 36.0 Å². The molecule has 1 amide bonds. The molecular weight excluding hydrogens is 290 g/mol. The quantitative estimate of drug-likeness (QED) is 0.874.